The molecule has 1 aromatic heterocycles. The SMILES string of the molecule is CC(C)CCCOc1ncc(CCl)c2ccccc12. The second-order valence-corrected chi connectivity index (χ2v) is 5.42. The van der Waals surface area contributed by atoms with Crippen molar-refractivity contribution >= 4 is 22.4 Å². The van der Waals surface area contributed by atoms with Crippen LogP contribution in [0.1, 0.15) is 32.3 Å². The van der Waals surface area contributed by atoms with E-state index in [1.54, 1.807) is 0 Å². The van der Waals surface area contributed by atoms with Crippen LogP contribution >= 0.6 is 11.6 Å². The molecule has 1 heterocycles. The summed E-state index contributed by atoms with van der Waals surface area (Å²) in [6.45, 7) is 5.17. The van der Waals surface area contributed by atoms with Gasteiger partial charge in [0.2, 0.25) is 5.88 Å². The van der Waals surface area contributed by atoms with Gasteiger partial charge in [-0.2, -0.15) is 0 Å². The van der Waals surface area contributed by atoms with Crippen LogP contribution < -0.4 is 4.74 Å². The predicted molar refractivity (Wildman–Crippen MR) is 80.9 cm³/mol. The molecule has 0 saturated heterocycles. The molecule has 0 aliphatic carbocycles. The van der Waals surface area contributed by atoms with E-state index in [1.165, 1.54) is 6.42 Å². The van der Waals surface area contributed by atoms with E-state index in [9.17, 15) is 0 Å². The third-order valence-electron chi connectivity index (χ3n) is 3.15. The van der Waals surface area contributed by atoms with E-state index in [-0.39, 0.29) is 0 Å². The lowest BCUT2D eigenvalue weighted by molar-refractivity contribution is 0.291. The van der Waals surface area contributed by atoms with Crippen LogP contribution in [-0.2, 0) is 5.88 Å². The molecular weight excluding hydrogens is 258 g/mol. The number of halogens is 1. The highest BCUT2D eigenvalue weighted by atomic mass is 35.5. The fourth-order valence-electron chi connectivity index (χ4n) is 2.11. The molecule has 0 radical (unpaired) electrons. The Bertz CT molecular complexity index is 539. The van der Waals surface area contributed by atoms with Gasteiger partial charge in [0.25, 0.3) is 0 Å². The maximum absolute atomic E-state index is 5.94. The maximum atomic E-state index is 5.94. The predicted octanol–water partition coefficient (Wildman–Crippen LogP) is 4.79. The highest BCUT2D eigenvalue weighted by Gasteiger charge is 2.07. The van der Waals surface area contributed by atoms with Crippen LogP contribution in [-0.4, -0.2) is 11.6 Å². The summed E-state index contributed by atoms with van der Waals surface area (Å²) in [4.78, 5) is 4.39. The van der Waals surface area contributed by atoms with Gasteiger partial charge >= 0.3 is 0 Å². The van der Waals surface area contributed by atoms with Gasteiger partial charge in [-0.05, 0) is 35.8 Å². The topological polar surface area (TPSA) is 22.1 Å². The highest BCUT2D eigenvalue weighted by Crippen LogP contribution is 2.27. The molecule has 2 nitrogen and oxygen atoms in total. The molecule has 0 aliphatic rings. The summed E-state index contributed by atoms with van der Waals surface area (Å²) in [6.07, 6.45) is 4.05. The van der Waals surface area contributed by atoms with Gasteiger partial charge in [0.15, 0.2) is 0 Å². The lowest BCUT2D eigenvalue weighted by Gasteiger charge is -2.11. The molecule has 102 valence electrons. The van der Waals surface area contributed by atoms with E-state index in [0.717, 1.165) is 29.4 Å². The number of nitrogens with zero attached hydrogens (tertiary/aromatic N) is 1. The van der Waals surface area contributed by atoms with E-state index in [4.69, 9.17) is 16.3 Å². The first-order valence-corrected chi connectivity index (χ1v) is 7.31. The molecule has 0 bridgehead atoms. The first kappa shape index (κ1) is 14.1. The van der Waals surface area contributed by atoms with E-state index < -0.39 is 0 Å². The fourth-order valence-corrected chi connectivity index (χ4v) is 2.32. The summed E-state index contributed by atoms with van der Waals surface area (Å²) in [6, 6.07) is 8.12. The van der Waals surface area contributed by atoms with Gasteiger partial charge in [-0.25, -0.2) is 4.98 Å². The zero-order chi connectivity index (χ0) is 13.7. The van der Waals surface area contributed by atoms with E-state index in [1.807, 2.05) is 24.4 Å². The van der Waals surface area contributed by atoms with E-state index in [2.05, 4.69) is 24.9 Å². The zero-order valence-corrected chi connectivity index (χ0v) is 12.3. The average Bonchev–Trinajstić information content (AvgIpc) is 2.43. The molecule has 2 rings (SSSR count). The van der Waals surface area contributed by atoms with Gasteiger partial charge in [0.1, 0.15) is 0 Å². The Balaban J connectivity index is 2.15. The number of pyridine rings is 1. The van der Waals surface area contributed by atoms with Crippen LogP contribution in [0.5, 0.6) is 5.88 Å². The number of hydrogen-bond acceptors (Lipinski definition) is 2. The molecule has 19 heavy (non-hydrogen) atoms. The van der Waals surface area contributed by atoms with Gasteiger partial charge in [0, 0.05) is 17.5 Å². The van der Waals surface area contributed by atoms with Gasteiger partial charge in [-0.15, -0.1) is 11.6 Å². The van der Waals surface area contributed by atoms with Gasteiger partial charge in [0.05, 0.1) is 6.61 Å². The molecule has 1 aromatic carbocycles. The number of hydrogen-bond donors (Lipinski definition) is 0. The van der Waals surface area contributed by atoms with Crippen molar-refractivity contribution in [1.29, 1.82) is 0 Å². The standard InChI is InChI=1S/C16H20ClNO/c1-12(2)6-5-9-19-16-15-8-4-3-7-14(15)13(10-17)11-18-16/h3-4,7-8,11-12H,5-6,9-10H2,1-2H3. The van der Waals surface area contributed by atoms with Crippen LogP contribution in [0, 0.1) is 5.92 Å². The Morgan fingerprint density at radius 2 is 1.95 bits per heavy atom. The maximum Gasteiger partial charge on any atom is 0.221 e. The summed E-state index contributed by atoms with van der Waals surface area (Å²) < 4.78 is 5.81. The number of benzene rings is 1. The van der Waals surface area contributed by atoms with Crippen molar-refractivity contribution in [3.05, 3.63) is 36.0 Å². The minimum atomic E-state index is 0.473. The van der Waals surface area contributed by atoms with Crippen LogP contribution in [0.3, 0.4) is 0 Å². The number of alkyl halides is 1. The number of aromatic nitrogens is 1. The van der Waals surface area contributed by atoms with Gasteiger partial charge in [-0.3, -0.25) is 0 Å². The number of rotatable bonds is 6. The Hall–Kier alpha value is -1.28. The first-order chi connectivity index (χ1) is 9.22. The molecule has 0 atom stereocenters. The monoisotopic (exact) mass is 277 g/mol. The second kappa shape index (κ2) is 6.76. The molecule has 0 aliphatic heterocycles. The van der Waals surface area contributed by atoms with E-state index >= 15 is 0 Å². The van der Waals surface area contributed by atoms with Gasteiger partial charge in [-0.1, -0.05) is 32.0 Å². The smallest absolute Gasteiger partial charge is 0.221 e. The summed E-state index contributed by atoms with van der Waals surface area (Å²) in [5.74, 6) is 1.90. The van der Waals surface area contributed by atoms with Crippen LogP contribution in [0.25, 0.3) is 10.8 Å². The Morgan fingerprint density at radius 3 is 2.63 bits per heavy atom. The molecule has 0 unspecified atom stereocenters. The van der Waals surface area contributed by atoms with Crippen molar-refractivity contribution in [1.82, 2.24) is 4.98 Å². The average molecular weight is 278 g/mol. The third kappa shape index (κ3) is 3.60. The molecule has 0 N–H and O–H groups in total. The van der Waals surface area contributed by atoms with Crippen molar-refractivity contribution in [3.63, 3.8) is 0 Å². The molecule has 0 spiro atoms. The molecular formula is C16H20ClNO. The molecule has 2 aromatic rings. The number of fused-ring (bicyclic) bond motifs is 1. The first-order valence-electron chi connectivity index (χ1n) is 6.77. The summed E-state index contributed by atoms with van der Waals surface area (Å²) in [7, 11) is 0. The fraction of sp³-hybridized carbons (Fsp3) is 0.438. The van der Waals surface area contributed by atoms with Crippen molar-refractivity contribution in [2.75, 3.05) is 6.61 Å². The Morgan fingerprint density at radius 1 is 1.21 bits per heavy atom. The Kier molecular flexibility index (Phi) is 5.03. The highest BCUT2D eigenvalue weighted by molar-refractivity contribution is 6.18. The minimum Gasteiger partial charge on any atom is -0.477 e. The van der Waals surface area contributed by atoms with Crippen LogP contribution in [0.2, 0.25) is 0 Å². The van der Waals surface area contributed by atoms with E-state index in [0.29, 0.717) is 17.7 Å². The molecule has 3 heteroatoms. The lowest BCUT2D eigenvalue weighted by atomic mass is 10.1. The minimum absolute atomic E-state index is 0.473. The summed E-state index contributed by atoms with van der Waals surface area (Å²) in [5.41, 5.74) is 1.05. The summed E-state index contributed by atoms with van der Waals surface area (Å²) in [5, 5.41) is 2.18. The lowest BCUT2D eigenvalue weighted by Crippen LogP contribution is -2.02. The quantitative estimate of drug-likeness (QED) is 0.559. The molecule has 0 amide bonds. The molecule has 0 fully saturated rings. The Labute approximate surface area is 119 Å². The normalized spacial score (nSPS) is 11.2. The van der Waals surface area contributed by atoms with Crippen molar-refractivity contribution in [2.24, 2.45) is 5.92 Å². The van der Waals surface area contributed by atoms with Crippen molar-refractivity contribution in [2.45, 2.75) is 32.6 Å². The van der Waals surface area contributed by atoms with Crippen LogP contribution in [0.15, 0.2) is 30.5 Å². The summed E-state index contributed by atoms with van der Waals surface area (Å²) >= 11 is 5.94. The van der Waals surface area contributed by atoms with Crippen LogP contribution in [0.4, 0.5) is 0 Å². The zero-order valence-electron chi connectivity index (χ0n) is 11.5. The number of ether oxygens (including phenoxy) is 1. The van der Waals surface area contributed by atoms with Crippen molar-refractivity contribution < 1.29 is 4.74 Å². The van der Waals surface area contributed by atoms with Gasteiger partial charge < -0.3 is 4.74 Å². The van der Waals surface area contributed by atoms with Crippen molar-refractivity contribution in [3.8, 4) is 5.88 Å². The second-order valence-electron chi connectivity index (χ2n) is 5.15. The largest absolute Gasteiger partial charge is 0.477 e. The molecule has 0 saturated carbocycles. The third-order valence-corrected chi connectivity index (χ3v) is 3.44.